The molecule has 0 spiro atoms. The molecule has 1 unspecified atom stereocenters. The summed E-state index contributed by atoms with van der Waals surface area (Å²) in [7, 11) is 0. The first-order valence-electron chi connectivity index (χ1n) is 9.50. The third-order valence-electron chi connectivity index (χ3n) is 4.82. The van der Waals surface area contributed by atoms with Crippen molar-refractivity contribution in [3.8, 4) is 0 Å². The molecular weight excluding hydrogens is 354 g/mol. The number of carbonyl (C=O) groups excluding carboxylic acids is 3. The number of nitrogens with zero attached hydrogens (tertiary/aromatic N) is 1. The lowest BCUT2D eigenvalue weighted by atomic mass is 10.1. The minimum absolute atomic E-state index is 0.0106. The highest BCUT2D eigenvalue weighted by Gasteiger charge is 2.33. The van der Waals surface area contributed by atoms with E-state index in [0.717, 1.165) is 23.2 Å². The predicted molar refractivity (Wildman–Crippen MR) is 107 cm³/mol. The van der Waals surface area contributed by atoms with Gasteiger partial charge in [0, 0.05) is 25.7 Å². The van der Waals surface area contributed by atoms with E-state index in [0.29, 0.717) is 25.9 Å². The average molecular weight is 379 g/mol. The highest BCUT2D eigenvalue weighted by Crippen LogP contribution is 2.19. The molecule has 0 aromatic heterocycles. The van der Waals surface area contributed by atoms with E-state index in [2.05, 4.69) is 10.6 Å². The van der Waals surface area contributed by atoms with Crippen LogP contribution in [-0.2, 0) is 27.3 Å². The van der Waals surface area contributed by atoms with Crippen LogP contribution < -0.4 is 10.6 Å². The molecule has 146 valence electrons. The second-order valence-corrected chi connectivity index (χ2v) is 7.00. The van der Waals surface area contributed by atoms with Crippen LogP contribution in [0.5, 0.6) is 0 Å². The van der Waals surface area contributed by atoms with Crippen LogP contribution in [-0.4, -0.2) is 35.2 Å². The van der Waals surface area contributed by atoms with Crippen LogP contribution in [0.4, 0.5) is 5.69 Å². The van der Waals surface area contributed by atoms with Crippen molar-refractivity contribution in [2.24, 2.45) is 0 Å². The average Bonchev–Trinajstić information content (AvgIpc) is 3.18. The van der Waals surface area contributed by atoms with Crippen molar-refractivity contribution in [3.05, 3.63) is 65.7 Å². The van der Waals surface area contributed by atoms with E-state index in [1.54, 1.807) is 17.0 Å². The summed E-state index contributed by atoms with van der Waals surface area (Å²) in [5, 5.41) is 5.64. The Kier molecular flexibility index (Phi) is 6.42. The molecule has 1 fully saturated rings. The molecule has 0 aliphatic carbocycles. The molecule has 28 heavy (non-hydrogen) atoms. The molecular formula is C22H25N3O3. The maximum atomic E-state index is 12.6. The van der Waals surface area contributed by atoms with Gasteiger partial charge >= 0.3 is 0 Å². The Labute approximate surface area is 164 Å². The van der Waals surface area contributed by atoms with Gasteiger partial charge in [0.1, 0.15) is 6.04 Å². The summed E-state index contributed by atoms with van der Waals surface area (Å²) in [4.78, 5) is 38.0. The normalized spacial score (nSPS) is 15.9. The van der Waals surface area contributed by atoms with Gasteiger partial charge in [-0.3, -0.25) is 14.4 Å². The highest BCUT2D eigenvalue weighted by molar-refractivity contribution is 5.89. The number of nitrogens with one attached hydrogen (secondary N) is 2. The van der Waals surface area contributed by atoms with Crippen LogP contribution >= 0.6 is 0 Å². The van der Waals surface area contributed by atoms with Gasteiger partial charge in [-0.15, -0.1) is 0 Å². The van der Waals surface area contributed by atoms with E-state index < -0.39 is 6.04 Å². The summed E-state index contributed by atoms with van der Waals surface area (Å²) >= 11 is 0. The Morgan fingerprint density at radius 3 is 2.39 bits per heavy atom. The standard InChI is InChI=1S/C22H25N3O3/c1-16(26)24-19-11-9-18(10-12-19)15-23-22(28)20-8-5-13-25(20)21(27)14-17-6-3-2-4-7-17/h2-4,6-7,9-12,20H,5,8,13-15H2,1H3,(H,23,28)(H,24,26). The first-order chi connectivity index (χ1) is 13.5. The zero-order valence-electron chi connectivity index (χ0n) is 16.0. The fourth-order valence-corrected chi connectivity index (χ4v) is 3.43. The summed E-state index contributed by atoms with van der Waals surface area (Å²) in [6.07, 6.45) is 1.84. The first-order valence-corrected chi connectivity index (χ1v) is 9.50. The van der Waals surface area contributed by atoms with Gasteiger partial charge in [-0.25, -0.2) is 0 Å². The number of carbonyl (C=O) groups is 3. The molecule has 3 rings (SSSR count). The number of hydrogen-bond donors (Lipinski definition) is 2. The summed E-state index contributed by atoms with van der Waals surface area (Å²) in [6.45, 7) is 2.46. The van der Waals surface area contributed by atoms with Gasteiger partial charge in [0.05, 0.1) is 6.42 Å². The molecule has 1 heterocycles. The molecule has 2 aromatic rings. The lowest BCUT2D eigenvalue weighted by molar-refractivity contribution is -0.138. The third kappa shape index (κ3) is 5.19. The summed E-state index contributed by atoms with van der Waals surface area (Å²) in [6, 6.07) is 16.5. The van der Waals surface area contributed by atoms with Crippen molar-refractivity contribution >= 4 is 23.4 Å². The smallest absolute Gasteiger partial charge is 0.243 e. The molecule has 1 aliphatic heterocycles. The van der Waals surface area contributed by atoms with Crippen molar-refractivity contribution in [1.82, 2.24) is 10.2 Å². The molecule has 2 aromatic carbocycles. The maximum absolute atomic E-state index is 12.6. The molecule has 3 amide bonds. The monoisotopic (exact) mass is 379 g/mol. The van der Waals surface area contributed by atoms with Crippen molar-refractivity contribution in [2.75, 3.05) is 11.9 Å². The van der Waals surface area contributed by atoms with E-state index in [-0.39, 0.29) is 17.7 Å². The van der Waals surface area contributed by atoms with Crippen molar-refractivity contribution in [3.63, 3.8) is 0 Å². The second-order valence-electron chi connectivity index (χ2n) is 7.00. The first kappa shape index (κ1) is 19.6. The molecule has 1 atom stereocenters. The predicted octanol–water partition coefficient (Wildman–Crippen LogP) is 2.49. The van der Waals surface area contributed by atoms with Gasteiger partial charge in [0.15, 0.2) is 0 Å². The zero-order chi connectivity index (χ0) is 19.9. The zero-order valence-corrected chi connectivity index (χ0v) is 16.0. The molecule has 0 radical (unpaired) electrons. The largest absolute Gasteiger partial charge is 0.350 e. The number of hydrogen-bond acceptors (Lipinski definition) is 3. The molecule has 1 saturated heterocycles. The number of anilines is 1. The molecule has 0 bridgehead atoms. The van der Waals surface area contributed by atoms with E-state index in [9.17, 15) is 14.4 Å². The number of benzene rings is 2. The quantitative estimate of drug-likeness (QED) is 0.809. The second kappa shape index (κ2) is 9.17. The van der Waals surface area contributed by atoms with Crippen LogP contribution in [0.25, 0.3) is 0 Å². The van der Waals surface area contributed by atoms with E-state index in [4.69, 9.17) is 0 Å². The summed E-state index contributed by atoms with van der Waals surface area (Å²) < 4.78 is 0. The minimum atomic E-state index is -0.408. The van der Waals surface area contributed by atoms with Gasteiger partial charge in [0.2, 0.25) is 17.7 Å². The molecule has 2 N–H and O–H groups in total. The summed E-state index contributed by atoms with van der Waals surface area (Å²) in [5.41, 5.74) is 2.61. The molecule has 1 aliphatic rings. The van der Waals surface area contributed by atoms with E-state index >= 15 is 0 Å². The van der Waals surface area contributed by atoms with Crippen LogP contribution in [0, 0.1) is 0 Å². The van der Waals surface area contributed by atoms with Gasteiger partial charge < -0.3 is 15.5 Å². The Balaban J connectivity index is 1.54. The number of amides is 3. The van der Waals surface area contributed by atoms with Crippen molar-refractivity contribution in [1.29, 1.82) is 0 Å². The lowest BCUT2D eigenvalue weighted by Gasteiger charge is -2.24. The fraction of sp³-hybridized carbons (Fsp3) is 0.318. The molecule has 6 nitrogen and oxygen atoms in total. The minimum Gasteiger partial charge on any atom is -0.350 e. The van der Waals surface area contributed by atoms with Gasteiger partial charge in [-0.05, 0) is 36.1 Å². The van der Waals surface area contributed by atoms with Crippen molar-refractivity contribution < 1.29 is 14.4 Å². The van der Waals surface area contributed by atoms with Crippen LogP contribution in [0.1, 0.15) is 30.9 Å². The Morgan fingerprint density at radius 2 is 1.71 bits per heavy atom. The number of rotatable bonds is 6. The highest BCUT2D eigenvalue weighted by atomic mass is 16.2. The maximum Gasteiger partial charge on any atom is 0.243 e. The van der Waals surface area contributed by atoms with Crippen molar-refractivity contribution in [2.45, 2.75) is 38.8 Å². The van der Waals surface area contributed by atoms with Crippen LogP contribution in [0.2, 0.25) is 0 Å². The third-order valence-corrected chi connectivity index (χ3v) is 4.82. The molecule has 0 saturated carbocycles. The Hall–Kier alpha value is -3.15. The van der Waals surface area contributed by atoms with E-state index in [1.807, 2.05) is 42.5 Å². The fourth-order valence-electron chi connectivity index (χ4n) is 3.43. The van der Waals surface area contributed by atoms with Gasteiger partial charge in [-0.1, -0.05) is 42.5 Å². The van der Waals surface area contributed by atoms with Gasteiger partial charge in [0.25, 0.3) is 0 Å². The van der Waals surface area contributed by atoms with Crippen LogP contribution in [0.3, 0.4) is 0 Å². The van der Waals surface area contributed by atoms with Gasteiger partial charge in [-0.2, -0.15) is 0 Å². The SMILES string of the molecule is CC(=O)Nc1ccc(CNC(=O)C2CCCN2C(=O)Cc2ccccc2)cc1. The van der Waals surface area contributed by atoms with Crippen LogP contribution in [0.15, 0.2) is 54.6 Å². The topological polar surface area (TPSA) is 78.5 Å². The van der Waals surface area contributed by atoms with E-state index in [1.165, 1.54) is 6.92 Å². The lowest BCUT2D eigenvalue weighted by Crippen LogP contribution is -2.46. The molecule has 6 heteroatoms. The Morgan fingerprint density at radius 1 is 1.00 bits per heavy atom. The Bertz CT molecular complexity index is 834. The number of likely N-dealkylation sites (tertiary alicyclic amines) is 1. The summed E-state index contributed by atoms with van der Waals surface area (Å²) in [5.74, 6) is -0.254.